The Hall–Kier alpha value is -2.84. The molecule has 2 heterocycles. The minimum atomic E-state index is -0.682. The lowest BCUT2D eigenvalue weighted by atomic mass is 9.98. The van der Waals surface area contributed by atoms with Crippen molar-refractivity contribution in [3.05, 3.63) is 22.9 Å². The highest BCUT2D eigenvalue weighted by Gasteiger charge is 2.24. The number of rotatable bonds is 5. The van der Waals surface area contributed by atoms with E-state index in [1.165, 1.54) is 24.1 Å². The summed E-state index contributed by atoms with van der Waals surface area (Å²) in [6.07, 6.45) is 2.56. The first-order chi connectivity index (χ1) is 10.8. The summed E-state index contributed by atoms with van der Waals surface area (Å²) < 4.78 is 17.3. The van der Waals surface area contributed by atoms with Gasteiger partial charge in [0.25, 0.3) is 12.0 Å². The van der Waals surface area contributed by atoms with Crippen molar-refractivity contribution in [3.8, 4) is 11.5 Å². The molecule has 2 rings (SSSR count). The number of esters is 1. The monoisotopic (exact) mass is 323 g/mol. The zero-order valence-corrected chi connectivity index (χ0v) is 13.2. The van der Waals surface area contributed by atoms with E-state index in [4.69, 9.17) is 14.2 Å². The molecule has 124 valence electrons. The number of carbonyl (C=O) groups is 2. The maximum Gasteiger partial charge on any atom is 0.312 e. The molecule has 9 nitrogen and oxygen atoms in total. The van der Waals surface area contributed by atoms with Crippen LogP contribution in [-0.4, -0.2) is 33.7 Å². The molecule has 0 aliphatic rings. The highest BCUT2D eigenvalue weighted by atomic mass is 16.5. The number of methoxy groups -OCH3 is 1. The normalized spacial score (nSPS) is 11.3. The van der Waals surface area contributed by atoms with Gasteiger partial charge in [0.2, 0.25) is 0 Å². The summed E-state index contributed by atoms with van der Waals surface area (Å²) in [5.74, 6) is -0.306. The topological polar surface area (TPSA) is 101 Å². The van der Waals surface area contributed by atoms with Crippen LogP contribution in [0.1, 0.15) is 20.8 Å². The Morgan fingerprint density at radius 1 is 1.39 bits per heavy atom. The quantitative estimate of drug-likeness (QED) is 0.586. The second kappa shape index (κ2) is 6.11. The molecular weight excluding hydrogens is 306 g/mol. The molecule has 0 N–H and O–H groups in total. The van der Waals surface area contributed by atoms with Crippen molar-refractivity contribution in [2.75, 3.05) is 7.11 Å². The molecule has 2 aromatic heterocycles. The maximum atomic E-state index is 12.5. The molecule has 0 aliphatic heterocycles. The van der Waals surface area contributed by atoms with Crippen LogP contribution in [0.3, 0.4) is 0 Å². The lowest BCUT2D eigenvalue weighted by Crippen LogP contribution is -2.29. The van der Waals surface area contributed by atoms with E-state index in [9.17, 15) is 14.4 Å². The van der Waals surface area contributed by atoms with E-state index in [0.29, 0.717) is 0 Å². The van der Waals surface area contributed by atoms with Gasteiger partial charge < -0.3 is 14.2 Å². The summed E-state index contributed by atoms with van der Waals surface area (Å²) in [7, 11) is 1.34. The molecule has 0 bridgehead atoms. The Balaban J connectivity index is 2.40. The third-order valence-corrected chi connectivity index (χ3v) is 3.01. The Labute approximate surface area is 131 Å². The number of ether oxygens (including phenoxy) is 3. The van der Waals surface area contributed by atoms with Gasteiger partial charge in [-0.05, 0) is 20.8 Å². The summed E-state index contributed by atoms with van der Waals surface area (Å²) in [6.45, 7) is 5.06. The molecule has 0 atom stereocenters. The summed E-state index contributed by atoms with van der Waals surface area (Å²) in [5, 5.41) is 4.01. The lowest BCUT2D eigenvalue weighted by Gasteiger charge is -2.16. The fraction of sp³-hybridized carbons (Fsp3) is 0.429. The predicted molar refractivity (Wildman–Crippen MR) is 78.2 cm³/mol. The molecule has 0 spiro atoms. The van der Waals surface area contributed by atoms with Crippen molar-refractivity contribution in [1.29, 1.82) is 0 Å². The number of hydrogen-bond acceptors (Lipinski definition) is 7. The van der Waals surface area contributed by atoms with Gasteiger partial charge in [0.15, 0.2) is 23.7 Å². The molecule has 0 saturated carbocycles. The summed E-state index contributed by atoms with van der Waals surface area (Å²) in [5.41, 5.74) is -1.11. The third kappa shape index (κ3) is 3.17. The van der Waals surface area contributed by atoms with Crippen LogP contribution >= 0.6 is 0 Å². The van der Waals surface area contributed by atoms with Crippen molar-refractivity contribution in [1.82, 2.24) is 14.2 Å². The van der Waals surface area contributed by atoms with Crippen molar-refractivity contribution >= 4 is 18.0 Å². The minimum absolute atomic E-state index is 0.0662. The second-order valence-electron chi connectivity index (χ2n) is 5.75. The number of nitrogens with zero attached hydrogens (tertiary/aromatic N) is 3. The highest BCUT2D eigenvalue weighted by molar-refractivity contribution is 5.75. The first-order valence-electron chi connectivity index (χ1n) is 6.72. The van der Waals surface area contributed by atoms with Gasteiger partial charge in [-0.25, -0.2) is 4.52 Å². The number of aromatic nitrogens is 3. The Bertz CT molecular complexity index is 799. The van der Waals surface area contributed by atoms with Gasteiger partial charge in [-0.15, -0.1) is 0 Å². The molecule has 0 aliphatic carbocycles. The Kier molecular flexibility index (Phi) is 4.39. The predicted octanol–water partition coefficient (Wildman–Crippen LogP) is 0.587. The van der Waals surface area contributed by atoms with Crippen LogP contribution < -0.4 is 15.0 Å². The summed E-state index contributed by atoms with van der Waals surface area (Å²) in [6, 6.07) is 0. The fourth-order valence-electron chi connectivity index (χ4n) is 1.82. The lowest BCUT2D eigenvalue weighted by molar-refractivity contribution is -0.157. The molecule has 9 heteroatoms. The van der Waals surface area contributed by atoms with Gasteiger partial charge in [0.1, 0.15) is 6.33 Å². The number of fused-ring (bicyclic) bond motifs is 1. The van der Waals surface area contributed by atoms with Gasteiger partial charge in [-0.1, -0.05) is 0 Å². The zero-order valence-electron chi connectivity index (χ0n) is 13.2. The van der Waals surface area contributed by atoms with E-state index in [1.54, 1.807) is 20.8 Å². The van der Waals surface area contributed by atoms with Crippen LogP contribution in [0.2, 0.25) is 0 Å². The van der Waals surface area contributed by atoms with Gasteiger partial charge in [0, 0.05) is 0 Å². The molecular formula is C14H17N3O6. The van der Waals surface area contributed by atoms with E-state index in [1.807, 2.05) is 0 Å². The average molecular weight is 323 g/mol. The molecule has 0 amide bonds. The second-order valence-corrected chi connectivity index (χ2v) is 5.75. The number of hydrogen-bond donors (Lipinski definition) is 0. The van der Waals surface area contributed by atoms with Crippen molar-refractivity contribution < 1.29 is 23.8 Å². The van der Waals surface area contributed by atoms with Gasteiger partial charge in [-0.2, -0.15) is 5.10 Å². The molecule has 0 radical (unpaired) electrons. The van der Waals surface area contributed by atoms with Gasteiger partial charge in [0.05, 0.1) is 18.7 Å². The molecule has 0 fully saturated rings. The number of carbonyl (C=O) groups excluding carboxylic acids is 2. The van der Waals surface area contributed by atoms with E-state index < -0.39 is 16.9 Å². The van der Waals surface area contributed by atoms with Crippen LogP contribution in [0, 0.1) is 5.41 Å². The minimum Gasteiger partial charge on any atom is -0.491 e. The Morgan fingerprint density at radius 3 is 2.65 bits per heavy atom. The smallest absolute Gasteiger partial charge is 0.312 e. The first kappa shape index (κ1) is 16.5. The molecule has 2 aromatic rings. The summed E-state index contributed by atoms with van der Waals surface area (Å²) >= 11 is 0. The van der Waals surface area contributed by atoms with Crippen LogP contribution in [0.15, 0.2) is 17.3 Å². The standard InChI is InChI=1S/C14H17N3O6/c1-14(2,3)13(20)22-7-16-6-15-17-5-9(23-8-18)11(21-4)10(17)12(16)19/h5-6,8H,7H2,1-4H3. The molecule has 0 aromatic carbocycles. The van der Waals surface area contributed by atoms with Crippen molar-refractivity contribution in [2.24, 2.45) is 5.41 Å². The summed E-state index contributed by atoms with van der Waals surface area (Å²) in [4.78, 5) is 34.7. The first-order valence-corrected chi connectivity index (χ1v) is 6.72. The molecule has 0 unspecified atom stereocenters. The van der Waals surface area contributed by atoms with Gasteiger partial charge in [-0.3, -0.25) is 19.0 Å². The van der Waals surface area contributed by atoms with Crippen LogP contribution in [0.4, 0.5) is 0 Å². The molecule has 0 saturated heterocycles. The van der Waals surface area contributed by atoms with E-state index >= 15 is 0 Å². The van der Waals surface area contributed by atoms with Crippen molar-refractivity contribution in [3.63, 3.8) is 0 Å². The fourth-order valence-corrected chi connectivity index (χ4v) is 1.82. The maximum absolute atomic E-state index is 12.5. The van der Waals surface area contributed by atoms with E-state index in [-0.39, 0.29) is 30.2 Å². The van der Waals surface area contributed by atoms with E-state index in [2.05, 4.69) is 5.10 Å². The third-order valence-electron chi connectivity index (χ3n) is 3.01. The van der Waals surface area contributed by atoms with Crippen molar-refractivity contribution in [2.45, 2.75) is 27.5 Å². The van der Waals surface area contributed by atoms with E-state index in [0.717, 1.165) is 4.57 Å². The van der Waals surface area contributed by atoms with Crippen LogP contribution in [-0.2, 0) is 21.1 Å². The zero-order chi connectivity index (χ0) is 17.2. The largest absolute Gasteiger partial charge is 0.491 e. The SMILES string of the molecule is COc1c(OC=O)cn2ncn(COC(=O)C(C)(C)C)c(=O)c12. The van der Waals surface area contributed by atoms with Gasteiger partial charge >= 0.3 is 5.97 Å². The Morgan fingerprint density at radius 2 is 2.09 bits per heavy atom. The highest BCUT2D eigenvalue weighted by Crippen LogP contribution is 2.30. The molecule has 23 heavy (non-hydrogen) atoms. The van der Waals surface area contributed by atoms with Crippen LogP contribution in [0.5, 0.6) is 11.5 Å². The average Bonchev–Trinajstić information content (AvgIpc) is 2.83. The van der Waals surface area contributed by atoms with Crippen LogP contribution in [0.25, 0.3) is 5.52 Å².